The predicted molar refractivity (Wildman–Crippen MR) is 33.7 cm³/mol. The van der Waals surface area contributed by atoms with Gasteiger partial charge in [0.05, 0.1) is 0 Å². The van der Waals surface area contributed by atoms with E-state index in [-0.39, 0.29) is 0 Å². The van der Waals surface area contributed by atoms with E-state index in [1.165, 1.54) is 25.9 Å². The highest BCUT2D eigenvalue weighted by Crippen LogP contribution is 2.44. The molecule has 0 N–H and O–H groups in total. The number of hydrogen-bond acceptors (Lipinski definition) is 1. The lowest BCUT2D eigenvalue weighted by atomic mass is 10.1. The second-order valence-corrected chi connectivity index (χ2v) is 3.31. The van der Waals surface area contributed by atoms with Crippen molar-refractivity contribution in [2.24, 2.45) is 11.8 Å². The third kappa shape index (κ3) is 0.655. The van der Waals surface area contributed by atoms with E-state index in [4.69, 9.17) is 0 Å². The van der Waals surface area contributed by atoms with Crippen molar-refractivity contribution in [3.63, 3.8) is 0 Å². The minimum Gasteiger partial charge on any atom is -0.306 e. The minimum atomic E-state index is 1.11. The molecular weight excluding hydrogens is 98.1 g/mol. The van der Waals surface area contributed by atoms with E-state index >= 15 is 0 Å². The van der Waals surface area contributed by atoms with Gasteiger partial charge in [-0.05, 0) is 38.3 Å². The van der Waals surface area contributed by atoms with Crippen molar-refractivity contribution in [3.05, 3.63) is 0 Å². The number of hydrogen-bond donors (Lipinski definition) is 0. The lowest BCUT2D eigenvalue weighted by molar-refractivity contribution is 0.266. The van der Waals surface area contributed by atoms with Crippen LogP contribution in [0, 0.1) is 11.8 Å². The highest BCUT2D eigenvalue weighted by atomic mass is 15.1. The van der Waals surface area contributed by atoms with Gasteiger partial charge in [0.1, 0.15) is 0 Å². The van der Waals surface area contributed by atoms with Crippen molar-refractivity contribution in [3.8, 4) is 0 Å². The maximum atomic E-state index is 2.45. The van der Waals surface area contributed by atoms with Crippen LogP contribution in [0.4, 0.5) is 0 Å². The third-order valence-corrected chi connectivity index (χ3v) is 2.50. The molecule has 0 spiro atoms. The zero-order valence-electron chi connectivity index (χ0n) is 5.43. The normalized spacial score (nSPS) is 46.1. The molecule has 0 aromatic heterocycles. The minimum absolute atomic E-state index is 1.11. The quantitative estimate of drug-likeness (QED) is 0.450. The van der Waals surface area contributed by atoms with Crippen molar-refractivity contribution >= 4 is 0 Å². The molecule has 1 saturated carbocycles. The summed E-state index contributed by atoms with van der Waals surface area (Å²) in [4.78, 5) is 2.45. The van der Waals surface area contributed by atoms with Crippen LogP contribution in [-0.2, 0) is 0 Å². The van der Waals surface area contributed by atoms with Gasteiger partial charge < -0.3 is 4.90 Å². The fraction of sp³-hybridized carbons (Fsp3) is 1.00. The number of rotatable bonds is 0. The molecule has 8 heavy (non-hydrogen) atoms. The summed E-state index contributed by atoms with van der Waals surface area (Å²) in [5.41, 5.74) is 0. The van der Waals surface area contributed by atoms with E-state index in [0.717, 1.165) is 11.8 Å². The SMILES string of the molecule is CN1CC[C@@H]2C[C@@H]2C1. The zero-order valence-corrected chi connectivity index (χ0v) is 5.43. The highest BCUT2D eigenvalue weighted by molar-refractivity contribution is 4.91. The van der Waals surface area contributed by atoms with E-state index in [2.05, 4.69) is 11.9 Å². The van der Waals surface area contributed by atoms with Gasteiger partial charge in [0.15, 0.2) is 0 Å². The van der Waals surface area contributed by atoms with E-state index in [0.29, 0.717) is 0 Å². The first-order chi connectivity index (χ1) is 3.86. The van der Waals surface area contributed by atoms with E-state index in [9.17, 15) is 0 Å². The number of likely N-dealkylation sites (tertiary alicyclic amines) is 1. The molecule has 1 aliphatic carbocycles. The van der Waals surface area contributed by atoms with E-state index < -0.39 is 0 Å². The molecule has 2 atom stereocenters. The van der Waals surface area contributed by atoms with Gasteiger partial charge in [-0.3, -0.25) is 0 Å². The Kier molecular flexibility index (Phi) is 0.884. The van der Waals surface area contributed by atoms with Crippen molar-refractivity contribution < 1.29 is 0 Å². The molecule has 1 nitrogen and oxygen atoms in total. The summed E-state index contributed by atoms with van der Waals surface area (Å²) < 4.78 is 0. The van der Waals surface area contributed by atoms with Crippen LogP contribution in [0.1, 0.15) is 12.8 Å². The van der Waals surface area contributed by atoms with Gasteiger partial charge in [-0.1, -0.05) is 0 Å². The Labute approximate surface area is 50.7 Å². The number of fused-ring (bicyclic) bond motifs is 1. The van der Waals surface area contributed by atoms with Crippen LogP contribution in [0.15, 0.2) is 0 Å². The first-order valence-electron chi connectivity index (χ1n) is 3.55. The van der Waals surface area contributed by atoms with Crippen molar-refractivity contribution in [2.75, 3.05) is 20.1 Å². The zero-order chi connectivity index (χ0) is 5.56. The summed E-state index contributed by atoms with van der Waals surface area (Å²) in [5.74, 6) is 2.25. The molecule has 2 aliphatic rings. The van der Waals surface area contributed by atoms with Crippen LogP contribution >= 0.6 is 0 Å². The Morgan fingerprint density at radius 2 is 2.25 bits per heavy atom. The third-order valence-electron chi connectivity index (χ3n) is 2.50. The fourth-order valence-electron chi connectivity index (χ4n) is 1.77. The lowest BCUT2D eigenvalue weighted by Gasteiger charge is -2.20. The van der Waals surface area contributed by atoms with Gasteiger partial charge in [-0.2, -0.15) is 0 Å². The van der Waals surface area contributed by atoms with Crippen LogP contribution in [-0.4, -0.2) is 25.0 Å². The summed E-state index contributed by atoms with van der Waals surface area (Å²) in [6, 6.07) is 0. The van der Waals surface area contributed by atoms with E-state index in [1.807, 2.05) is 0 Å². The van der Waals surface area contributed by atoms with Gasteiger partial charge in [0, 0.05) is 6.54 Å². The van der Waals surface area contributed by atoms with Crippen LogP contribution in [0.25, 0.3) is 0 Å². The largest absolute Gasteiger partial charge is 0.306 e. The molecule has 1 heterocycles. The summed E-state index contributed by atoms with van der Waals surface area (Å²) in [7, 11) is 2.23. The molecule has 1 heteroatoms. The molecule has 2 rings (SSSR count). The second kappa shape index (κ2) is 1.47. The molecular formula is C7H13N. The maximum Gasteiger partial charge on any atom is 0.000937 e. The number of nitrogens with zero attached hydrogens (tertiary/aromatic N) is 1. The molecule has 1 aliphatic heterocycles. The summed E-state index contributed by atoms with van der Waals surface area (Å²) in [6.07, 6.45) is 3.01. The molecule has 0 unspecified atom stereocenters. The van der Waals surface area contributed by atoms with Crippen LogP contribution in [0.3, 0.4) is 0 Å². The topological polar surface area (TPSA) is 3.24 Å². The predicted octanol–water partition coefficient (Wildman–Crippen LogP) is 0.958. The van der Waals surface area contributed by atoms with Gasteiger partial charge >= 0.3 is 0 Å². The summed E-state index contributed by atoms with van der Waals surface area (Å²) in [5, 5.41) is 0. The fourth-order valence-corrected chi connectivity index (χ4v) is 1.77. The molecule has 0 radical (unpaired) electrons. The highest BCUT2D eigenvalue weighted by Gasteiger charge is 2.40. The molecule has 1 saturated heterocycles. The molecule has 46 valence electrons. The first-order valence-corrected chi connectivity index (χ1v) is 3.55. The molecule has 0 aromatic carbocycles. The Balaban J connectivity index is 1.93. The molecule has 0 aromatic rings. The first kappa shape index (κ1) is 4.80. The smallest absolute Gasteiger partial charge is 0.000937 e. The maximum absolute atomic E-state index is 2.45. The van der Waals surface area contributed by atoms with Gasteiger partial charge in [-0.25, -0.2) is 0 Å². The van der Waals surface area contributed by atoms with Gasteiger partial charge in [0.2, 0.25) is 0 Å². The van der Waals surface area contributed by atoms with Crippen LogP contribution < -0.4 is 0 Å². The number of piperidine rings is 1. The molecule has 2 fully saturated rings. The van der Waals surface area contributed by atoms with Gasteiger partial charge in [0.25, 0.3) is 0 Å². The molecule has 0 amide bonds. The average Bonchev–Trinajstić information content (AvgIpc) is 2.43. The van der Waals surface area contributed by atoms with Crippen LogP contribution in [0.2, 0.25) is 0 Å². The molecule has 0 bridgehead atoms. The Morgan fingerprint density at radius 1 is 1.38 bits per heavy atom. The Morgan fingerprint density at radius 3 is 2.88 bits per heavy atom. The Hall–Kier alpha value is -0.0400. The summed E-state index contributed by atoms with van der Waals surface area (Å²) >= 11 is 0. The standard InChI is InChI=1S/C7H13N/c1-8-3-2-6-4-7(6)5-8/h6-7H,2-5H2,1H3/t6-,7-/m1/s1. The lowest BCUT2D eigenvalue weighted by Crippen LogP contribution is -2.26. The summed E-state index contributed by atoms with van der Waals surface area (Å²) in [6.45, 7) is 2.73. The van der Waals surface area contributed by atoms with Crippen molar-refractivity contribution in [2.45, 2.75) is 12.8 Å². The average molecular weight is 111 g/mol. The monoisotopic (exact) mass is 111 g/mol. The van der Waals surface area contributed by atoms with Gasteiger partial charge in [-0.15, -0.1) is 0 Å². The Bertz CT molecular complexity index is 101. The van der Waals surface area contributed by atoms with Crippen molar-refractivity contribution in [1.82, 2.24) is 4.90 Å². The van der Waals surface area contributed by atoms with Crippen LogP contribution in [0.5, 0.6) is 0 Å². The second-order valence-electron chi connectivity index (χ2n) is 3.31. The van der Waals surface area contributed by atoms with Crippen molar-refractivity contribution in [1.29, 1.82) is 0 Å². The van der Waals surface area contributed by atoms with E-state index in [1.54, 1.807) is 0 Å².